The molecule has 32 heavy (non-hydrogen) atoms. The minimum Gasteiger partial charge on any atom is -0.494 e. The number of carbonyl (C=O) groups excluding carboxylic acids is 1. The van der Waals surface area contributed by atoms with E-state index < -0.39 is 0 Å². The Morgan fingerprint density at radius 2 is 1.94 bits per heavy atom. The molecule has 3 heterocycles. The van der Waals surface area contributed by atoms with Crippen LogP contribution < -0.4 is 15.7 Å². The third kappa shape index (κ3) is 4.50. The molecule has 0 fully saturated rings. The summed E-state index contributed by atoms with van der Waals surface area (Å²) in [5.41, 5.74) is 2.38. The van der Waals surface area contributed by atoms with E-state index >= 15 is 0 Å². The Morgan fingerprint density at radius 1 is 1.12 bits per heavy atom. The average Bonchev–Trinajstić information content (AvgIpc) is 3.36. The topological polar surface area (TPSA) is 104 Å². The highest BCUT2D eigenvalue weighted by Gasteiger charge is 2.15. The molecule has 0 bridgehead atoms. The van der Waals surface area contributed by atoms with Gasteiger partial charge in [0.25, 0.3) is 0 Å². The van der Waals surface area contributed by atoms with Crippen LogP contribution in [0.25, 0.3) is 22.4 Å². The van der Waals surface area contributed by atoms with E-state index in [-0.39, 0.29) is 18.1 Å². The summed E-state index contributed by atoms with van der Waals surface area (Å²) in [6, 6.07) is 9.63. The fourth-order valence-corrected chi connectivity index (χ4v) is 3.32. The first-order chi connectivity index (χ1) is 15.6. The molecule has 4 aromatic rings. The normalized spacial score (nSPS) is 11.3. The van der Waals surface area contributed by atoms with Gasteiger partial charge in [-0.15, -0.1) is 5.10 Å². The van der Waals surface area contributed by atoms with E-state index in [0.29, 0.717) is 30.9 Å². The van der Waals surface area contributed by atoms with Gasteiger partial charge in [-0.1, -0.05) is 13.3 Å². The molecule has 1 amide bonds. The van der Waals surface area contributed by atoms with Gasteiger partial charge < -0.3 is 14.8 Å². The second kappa shape index (κ2) is 9.65. The van der Waals surface area contributed by atoms with E-state index in [1.807, 2.05) is 30.3 Å². The minimum atomic E-state index is -0.388. The maximum Gasteiger partial charge on any atom is 0.350 e. The Hall–Kier alpha value is -3.66. The number of ether oxygens (including phenoxy) is 2. The van der Waals surface area contributed by atoms with Crippen LogP contribution in [0.2, 0.25) is 0 Å². The third-order valence-electron chi connectivity index (χ3n) is 5.03. The lowest BCUT2D eigenvalue weighted by atomic mass is 10.1. The number of hydrogen-bond acceptors (Lipinski definition) is 6. The first-order valence-electron chi connectivity index (χ1n) is 10.6. The predicted octanol–water partition coefficient (Wildman–Crippen LogP) is 1.75. The maximum atomic E-state index is 12.7. The molecule has 0 unspecified atom stereocenters. The second-order valence-corrected chi connectivity index (χ2v) is 7.36. The number of rotatable bonds is 10. The molecule has 0 aliphatic carbocycles. The molecule has 0 saturated carbocycles. The summed E-state index contributed by atoms with van der Waals surface area (Å²) in [5.74, 6) is 0.515. The van der Waals surface area contributed by atoms with Crippen LogP contribution in [0.3, 0.4) is 0 Å². The average molecular weight is 438 g/mol. The number of amides is 1. The molecule has 10 nitrogen and oxygen atoms in total. The van der Waals surface area contributed by atoms with Crippen LogP contribution in [-0.2, 0) is 16.1 Å². The number of methoxy groups -OCH3 is 1. The van der Waals surface area contributed by atoms with Crippen LogP contribution in [-0.4, -0.2) is 56.6 Å². The molecular weight excluding hydrogens is 412 g/mol. The van der Waals surface area contributed by atoms with Gasteiger partial charge in [-0.05, 0) is 36.8 Å². The molecule has 168 valence electrons. The number of benzene rings is 1. The van der Waals surface area contributed by atoms with Crippen molar-refractivity contribution in [1.29, 1.82) is 0 Å². The second-order valence-electron chi connectivity index (χ2n) is 7.36. The predicted molar refractivity (Wildman–Crippen MR) is 119 cm³/mol. The van der Waals surface area contributed by atoms with Crippen LogP contribution in [0, 0.1) is 0 Å². The van der Waals surface area contributed by atoms with Crippen molar-refractivity contribution in [2.45, 2.75) is 26.3 Å². The molecule has 4 rings (SSSR count). The zero-order valence-corrected chi connectivity index (χ0v) is 18.2. The maximum absolute atomic E-state index is 12.7. The molecule has 3 aromatic heterocycles. The van der Waals surface area contributed by atoms with Crippen LogP contribution in [0.5, 0.6) is 5.75 Å². The van der Waals surface area contributed by atoms with E-state index in [9.17, 15) is 9.59 Å². The van der Waals surface area contributed by atoms with Gasteiger partial charge in [-0.3, -0.25) is 4.79 Å². The van der Waals surface area contributed by atoms with Gasteiger partial charge in [0.15, 0.2) is 5.65 Å². The van der Waals surface area contributed by atoms with Crippen molar-refractivity contribution in [3.8, 4) is 17.0 Å². The van der Waals surface area contributed by atoms with Gasteiger partial charge in [-0.25, -0.2) is 18.4 Å². The molecule has 0 saturated heterocycles. The van der Waals surface area contributed by atoms with Gasteiger partial charge in [-0.2, -0.15) is 5.10 Å². The molecule has 0 atom stereocenters. The first kappa shape index (κ1) is 21.6. The number of nitrogens with one attached hydrogen (secondary N) is 1. The Kier molecular flexibility index (Phi) is 6.50. The summed E-state index contributed by atoms with van der Waals surface area (Å²) in [6.07, 6.45) is 5.40. The van der Waals surface area contributed by atoms with E-state index in [4.69, 9.17) is 9.47 Å². The Bertz CT molecular complexity index is 1270. The zero-order chi connectivity index (χ0) is 22.5. The van der Waals surface area contributed by atoms with Crippen LogP contribution in [0.4, 0.5) is 0 Å². The van der Waals surface area contributed by atoms with Gasteiger partial charge in [0.1, 0.15) is 17.8 Å². The van der Waals surface area contributed by atoms with Crippen LogP contribution in [0.15, 0.2) is 47.5 Å². The molecule has 0 radical (unpaired) electrons. The summed E-state index contributed by atoms with van der Waals surface area (Å²) in [7, 11) is 1.56. The van der Waals surface area contributed by atoms with Gasteiger partial charge in [0.05, 0.1) is 18.9 Å². The van der Waals surface area contributed by atoms with Crippen LogP contribution >= 0.6 is 0 Å². The fraction of sp³-hybridized carbons (Fsp3) is 0.364. The summed E-state index contributed by atoms with van der Waals surface area (Å²) in [4.78, 5) is 24.8. The van der Waals surface area contributed by atoms with Crippen molar-refractivity contribution < 1.29 is 14.3 Å². The van der Waals surface area contributed by atoms with E-state index in [0.717, 1.165) is 34.5 Å². The smallest absolute Gasteiger partial charge is 0.350 e. The number of nitrogens with zero attached hydrogens (tertiary/aromatic N) is 5. The lowest BCUT2D eigenvalue weighted by Crippen LogP contribution is -2.34. The highest BCUT2D eigenvalue weighted by Crippen LogP contribution is 2.24. The van der Waals surface area contributed by atoms with Crippen molar-refractivity contribution in [1.82, 2.24) is 29.1 Å². The number of carbonyl (C=O) groups is 1. The van der Waals surface area contributed by atoms with Crippen molar-refractivity contribution >= 4 is 17.1 Å². The molecule has 1 aromatic carbocycles. The summed E-state index contributed by atoms with van der Waals surface area (Å²) >= 11 is 0. The lowest BCUT2D eigenvalue weighted by molar-refractivity contribution is -0.122. The van der Waals surface area contributed by atoms with Crippen molar-refractivity contribution in [2.24, 2.45) is 0 Å². The summed E-state index contributed by atoms with van der Waals surface area (Å²) in [6.45, 7) is 3.43. The van der Waals surface area contributed by atoms with Gasteiger partial charge in [0.2, 0.25) is 5.91 Å². The monoisotopic (exact) mass is 438 g/mol. The fourth-order valence-electron chi connectivity index (χ4n) is 3.32. The quantitative estimate of drug-likeness (QED) is 0.378. The molecule has 1 N–H and O–H groups in total. The number of unbranched alkanes of at least 4 members (excludes halogenated alkanes) is 1. The van der Waals surface area contributed by atoms with Crippen molar-refractivity contribution in [2.75, 3.05) is 26.9 Å². The van der Waals surface area contributed by atoms with Gasteiger partial charge >= 0.3 is 5.69 Å². The van der Waals surface area contributed by atoms with Crippen molar-refractivity contribution in [3.63, 3.8) is 0 Å². The SMILES string of the molecule is CCCCOc1ccc(-c2cc3c4nn(CC(=O)NCCOC)c(=O)n4ccn3n2)cc1. The van der Waals surface area contributed by atoms with Crippen molar-refractivity contribution in [3.05, 3.63) is 53.2 Å². The molecule has 0 aliphatic rings. The standard InChI is InChI=1S/C22H26N6O4/c1-3-4-12-32-17-7-5-16(6-8-17)18-14-19-21-25-28(15-20(29)23-9-13-31-2)22(30)26(21)10-11-27(19)24-18/h5-8,10-11,14H,3-4,9,12-13,15H2,1-2H3,(H,23,29). The zero-order valence-electron chi connectivity index (χ0n) is 18.2. The summed E-state index contributed by atoms with van der Waals surface area (Å²) < 4.78 is 14.9. The highest BCUT2D eigenvalue weighted by atomic mass is 16.5. The Labute approximate surface area is 184 Å². The van der Waals surface area contributed by atoms with Gasteiger partial charge in [0, 0.05) is 31.6 Å². The number of hydrogen-bond donors (Lipinski definition) is 1. The highest BCUT2D eigenvalue weighted by molar-refractivity contribution is 5.77. The molecule has 0 aliphatic heterocycles. The summed E-state index contributed by atoms with van der Waals surface area (Å²) in [5, 5.41) is 11.7. The largest absolute Gasteiger partial charge is 0.494 e. The Morgan fingerprint density at radius 3 is 2.69 bits per heavy atom. The number of aromatic nitrogens is 5. The minimum absolute atomic E-state index is 0.170. The third-order valence-corrected chi connectivity index (χ3v) is 5.03. The number of fused-ring (bicyclic) bond motifs is 3. The lowest BCUT2D eigenvalue weighted by Gasteiger charge is -2.05. The van der Waals surface area contributed by atoms with E-state index in [1.165, 1.54) is 4.40 Å². The molecular formula is C22H26N6O4. The van der Waals surface area contributed by atoms with E-state index in [1.54, 1.807) is 24.0 Å². The first-order valence-corrected chi connectivity index (χ1v) is 10.6. The Balaban J connectivity index is 1.59. The van der Waals surface area contributed by atoms with E-state index in [2.05, 4.69) is 22.4 Å². The molecule has 10 heteroatoms. The van der Waals surface area contributed by atoms with Crippen LogP contribution in [0.1, 0.15) is 19.8 Å². The molecule has 0 spiro atoms.